The van der Waals surface area contributed by atoms with E-state index >= 15 is 0 Å². The second-order valence-electron chi connectivity index (χ2n) is 4.94. The Morgan fingerprint density at radius 3 is 2.94 bits per heavy atom. The first-order chi connectivity index (χ1) is 8.15. The molecule has 2 heterocycles. The molecule has 1 saturated heterocycles. The number of nitrogens with zero attached hydrogens (tertiary/aromatic N) is 1. The fourth-order valence-corrected chi connectivity index (χ4v) is 3.01. The highest BCUT2D eigenvalue weighted by atomic mass is 16.4. The van der Waals surface area contributed by atoms with Gasteiger partial charge in [-0.2, -0.15) is 0 Å². The number of aliphatic carboxylic acids is 1. The maximum Gasteiger partial charge on any atom is 0.308 e. The van der Waals surface area contributed by atoms with Crippen molar-refractivity contribution in [3.05, 3.63) is 23.8 Å². The fourth-order valence-electron chi connectivity index (χ4n) is 3.01. The molecular formula is C13H15NO3. The van der Waals surface area contributed by atoms with Crippen LogP contribution in [-0.2, 0) is 11.2 Å². The minimum absolute atomic E-state index is 0.258. The molecule has 0 amide bonds. The second-order valence-corrected chi connectivity index (χ2v) is 4.94. The summed E-state index contributed by atoms with van der Waals surface area (Å²) in [7, 11) is 0. The van der Waals surface area contributed by atoms with Crippen LogP contribution in [0.25, 0.3) is 0 Å². The molecule has 17 heavy (non-hydrogen) atoms. The van der Waals surface area contributed by atoms with E-state index < -0.39 is 5.97 Å². The van der Waals surface area contributed by atoms with E-state index in [4.69, 9.17) is 5.11 Å². The van der Waals surface area contributed by atoms with Crippen LogP contribution in [0, 0.1) is 5.92 Å². The van der Waals surface area contributed by atoms with Gasteiger partial charge in [0.2, 0.25) is 0 Å². The molecule has 0 saturated carbocycles. The van der Waals surface area contributed by atoms with Gasteiger partial charge in [-0.1, -0.05) is 0 Å². The third kappa shape index (κ3) is 1.64. The molecule has 2 N–H and O–H groups in total. The molecule has 0 aromatic heterocycles. The number of carbonyl (C=O) groups is 1. The number of benzene rings is 1. The average Bonchev–Trinajstić information content (AvgIpc) is 2.64. The van der Waals surface area contributed by atoms with Crippen LogP contribution in [0.4, 0.5) is 5.69 Å². The zero-order chi connectivity index (χ0) is 12.0. The molecule has 0 spiro atoms. The number of piperidine rings is 1. The summed E-state index contributed by atoms with van der Waals surface area (Å²) in [5.41, 5.74) is 2.24. The molecule has 1 aromatic rings. The van der Waals surface area contributed by atoms with Crippen LogP contribution < -0.4 is 4.90 Å². The van der Waals surface area contributed by atoms with Gasteiger partial charge < -0.3 is 15.1 Å². The number of hydrogen-bond donors (Lipinski definition) is 2. The zero-order valence-electron chi connectivity index (χ0n) is 9.47. The number of hydrogen-bond acceptors (Lipinski definition) is 3. The molecular weight excluding hydrogens is 218 g/mol. The summed E-state index contributed by atoms with van der Waals surface area (Å²) in [5.74, 6) is -0.667. The largest absolute Gasteiger partial charge is 0.508 e. The van der Waals surface area contributed by atoms with E-state index in [9.17, 15) is 9.90 Å². The minimum atomic E-state index is -0.698. The summed E-state index contributed by atoms with van der Waals surface area (Å²) in [6.07, 6.45) is 2.61. The highest BCUT2D eigenvalue weighted by molar-refractivity contribution is 5.72. The van der Waals surface area contributed by atoms with Gasteiger partial charge in [0.25, 0.3) is 0 Å². The molecule has 1 fully saturated rings. The first kappa shape index (κ1) is 10.4. The van der Waals surface area contributed by atoms with Crippen molar-refractivity contribution in [1.29, 1.82) is 0 Å². The Bertz CT molecular complexity index is 472. The van der Waals surface area contributed by atoms with Gasteiger partial charge in [-0.3, -0.25) is 4.79 Å². The molecule has 0 bridgehead atoms. The van der Waals surface area contributed by atoms with Crippen LogP contribution in [0.1, 0.15) is 18.4 Å². The Hall–Kier alpha value is -1.71. The highest BCUT2D eigenvalue weighted by Crippen LogP contribution is 2.39. The molecule has 0 radical (unpaired) electrons. The van der Waals surface area contributed by atoms with Gasteiger partial charge in [0.1, 0.15) is 5.75 Å². The predicted molar refractivity (Wildman–Crippen MR) is 63.3 cm³/mol. The molecule has 90 valence electrons. The van der Waals surface area contributed by atoms with Crippen LogP contribution in [-0.4, -0.2) is 28.8 Å². The van der Waals surface area contributed by atoms with Crippen molar-refractivity contribution in [2.75, 3.05) is 11.4 Å². The second kappa shape index (κ2) is 3.65. The molecule has 1 aromatic carbocycles. The average molecular weight is 233 g/mol. The molecule has 2 aliphatic rings. The summed E-state index contributed by atoms with van der Waals surface area (Å²) >= 11 is 0. The number of anilines is 1. The molecule has 2 aliphatic heterocycles. The number of fused-ring (bicyclic) bond motifs is 3. The van der Waals surface area contributed by atoms with Gasteiger partial charge in [0, 0.05) is 18.3 Å². The van der Waals surface area contributed by atoms with Crippen LogP contribution in [0.2, 0.25) is 0 Å². The summed E-state index contributed by atoms with van der Waals surface area (Å²) in [4.78, 5) is 13.2. The van der Waals surface area contributed by atoms with Crippen LogP contribution >= 0.6 is 0 Å². The SMILES string of the molecule is O=C(O)C1CCC2Cc3cc(O)ccc3N2C1. The van der Waals surface area contributed by atoms with Gasteiger partial charge in [-0.25, -0.2) is 0 Å². The van der Waals surface area contributed by atoms with E-state index in [-0.39, 0.29) is 5.92 Å². The molecule has 2 unspecified atom stereocenters. The standard InChI is InChI=1S/C13H15NO3/c15-11-3-4-12-9(6-11)5-10-2-1-8(13(16)17)7-14(10)12/h3-4,6,8,10,15H,1-2,5,7H2,(H,16,17). The third-order valence-corrected chi connectivity index (χ3v) is 3.88. The Morgan fingerprint density at radius 1 is 1.35 bits per heavy atom. The predicted octanol–water partition coefficient (Wildman–Crippen LogP) is 1.62. The summed E-state index contributed by atoms with van der Waals surface area (Å²) in [6.45, 7) is 0.595. The highest BCUT2D eigenvalue weighted by Gasteiger charge is 2.37. The van der Waals surface area contributed by atoms with Crippen LogP contribution in [0.5, 0.6) is 5.75 Å². The smallest absolute Gasteiger partial charge is 0.308 e. The van der Waals surface area contributed by atoms with E-state index in [1.165, 1.54) is 0 Å². The van der Waals surface area contributed by atoms with E-state index in [0.29, 0.717) is 18.3 Å². The Balaban J connectivity index is 1.90. The lowest BCUT2D eigenvalue weighted by Gasteiger charge is -2.35. The van der Waals surface area contributed by atoms with E-state index in [1.807, 2.05) is 6.07 Å². The lowest BCUT2D eigenvalue weighted by molar-refractivity contribution is -0.142. The number of carboxylic acids is 1. The van der Waals surface area contributed by atoms with E-state index in [1.54, 1.807) is 12.1 Å². The molecule has 2 atom stereocenters. The normalized spacial score (nSPS) is 26.5. The van der Waals surface area contributed by atoms with Crippen molar-refractivity contribution in [2.45, 2.75) is 25.3 Å². The summed E-state index contributed by atoms with van der Waals surface area (Å²) in [6, 6.07) is 5.78. The first-order valence-corrected chi connectivity index (χ1v) is 5.96. The molecule has 4 nitrogen and oxygen atoms in total. The van der Waals surface area contributed by atoms with Crippen molar-refractivity contribution in [3.63, 3.8) is 0 Å². The van der Waals surface area contributed by atoms with Crippen molar-refractivity contribution >= 4 is 11.7 Å². The molecule has 3 rings (SSSR count). The van der Waals surface area contributed by atoms with Gasteiger partial charge in [-0.15, -0.1) is 0 Å². The van der Waals surface area contributed by atoms with Gasteiger partial charge in [-0.05, 0) is 43.0 Å². The Morgan fingerprint density at radius 2 is 2.18 bits per heavy atom. The quantitative estimate of drug-likeness (QED) is 0.773. The fraction of sp³-hybridized carbons (Fsp3) is 0.462. The van der Waals surface area contributed by atoms with Gasteiger partial charge >= 0.3 is 5.97 Å². The van der Waals surface area contributed by atoms with E-state index in [0.717, 1.165) is 30.5 Å². The lowest BCUT2D eigenvalue weighted by atomic mass is 9.93. The zero-order valence-corrected chi connectivity index (χ0v) is 9.47. The maximum absolute atomic E-state index is 11.0. The topological polar surface area (TPSA) is 60.8 Å². The van der Waals surface area contributed by atoms with Crippen LogP contribution in [0.3, 0.4) is 0 Å². The molecule has 4 heteroatoms. The van der Waals surface area contributed by atoms with Gasteiger partial charge in [0.05, 0.1) is 5.92 Å². The maximum atomic E-state index is 11.0. The van der Waals surface area contributed by atoms with Gasteiger partial charge in [0.15, 0.2) is 0 Å². The number of rotatable bonds is 1. The number of aromatic hydroxyl groups is 1. The monoisotopic (exact) mass is 233 g/mol. The number of phenolic OH excluding ortho intramolecular Hbond substituents is 1. The minimum Gasteiger partial charge on any atom is -0.508 e. The molecule has 0 aliphatic carbocycles. The van der Waals surface area contributed by atoms with Crippen molar-refractivity contribution in [3.8, 4) is 5.75 Å². The van der Waals surface area contributed by atoms with Crippen molar-refractivity contribution in [2.24, 2.45) is 5.92 Å². The number of carboxylic acid groups (broad SMARTS) is 1. The van der Waals surface area contributed by atoms with Crippen LogP contribution in [0.15, 0.2) is 18.2 Å². The Kier molecular flexibility index (Phi) is 2.24. The lowest BCUT2D eigenvalue weighted by Crippen LogP contribution is -2.43. The summed E-state index contributed by atoms with van der Waals surface area (Å²) in [5, 5.41) is 18.5. The van der Waals surface area contributed by atoms with Crippen molar-refractivity contribution in [1.82, 2.24) is 0 Å². The number of phenols is 1. The Labute approximate surface area is 99.5 Å². The van der Waals surface area contributed by atoms with E-state index in [2.05, 4.69) is 4.90 Å². The summed E-state index contributed by atoms with van der Waals surface area (Å²) < 4.78 is 0. The third-order valence-electron chi connectivity index (χ3n) is 3.88. The first-order valence-electron chi connectivity index (χ1n) is 5.96. The van der Waals surface area contributed by atoms with Crippen molar-refractivity contribution < 1.29 is 15.0 Å².